The van der Waals surface area contributed by atoms with Crippen molar-refractivity contribution in [1.29, 1.82) is 0 Å². The van der Waals surface area contributed by atoms with Crippen LogP contribution in [0, 0.1) is 12.8 Å². The highest BCUT2D eigenvalue weighted by Crippen LogP contribution is 2.42. The average molecular weight is 816 g/mol. The van der Waals surface area contributed by atoms with Crippen LogP contribution in [0.2, 0.25) is 0 Å². The van der Waals surface area contributed by atoms with Gasteiger partial charge in [-0.25, -0.2) is 8.42 Å². The molecule has 59 heavy (non-hydrogen) atoms. The number of hydrogen-bond donors (Lipinski definition) is 3. The topological polar surface area (TPSA) is 117 Å². The Morgan fingerprint density at radius 2 is 1.41 bits per heavy atom. The van der Waals surface area contributed by atoms with Gasteiger partial charge in [0, 0.05) is 24.6 Å². The molecule has 0 bridgehead atoms. The number of aliphatic hydroxyl groups is 1. The van der Waals surface area contributed by atoms with Gasteiger partial charge in [-0.1, -0.05) is 135 Å². The van der Waals surface area contributed by atoms with E-state index in [9.17, 15) is 18.3 Å². The summed E-state index contributed by atoms with van der Waals surface area (Å²) in [5, 5.41) is 12.7. The van der Waals surface area contributed by atoms with Crippen LogP contribution in [0.3, 0.4) is 0 Å². The number of amides is 1. The first-order valence-electron chi connectivity index (χ1n) is 21.0. The number of benzene rings is 5. The quantitative estimate of drug-likeness (QED) is 0.103. The van der Waals surface area contributed by atoms with E-state index in [4.69, 9.17) is 9.47 Å². The van der Waals surface area contributed by atoms with Gasteiger partial charge in [-0.2, -0.15) is 4.72 Å². The second kappa shape index (κ2) is 20.1. The first-order chi connectivity index (χ1) is 28.6. The molecule has 0 aliphatic carbocycles. The van der Waals surface area contributed by atoms with Crippen LogP contribution in [0.25, 0.3) is 11.1 Å². The largest absolute Gasteiger partial charge is 0.392 e. The SMILES string of the molecule is Cc1ccc(S(=O)(=O)NC(Cc2ccccc2)C(=O)NCc2cccc(-c3cccc(C4OC(CN5CCCCCCC5)C(C)C(c5ccc(CO)cc5)O4)c3)c2)cc1. The molecular formula is C49H57N3O6S. The van der Waals surface area contributed by atoms with E-state index < -0.39 is 28.3 Å². The lowest BCUT2D eigenvalue weighted by Crippen LogP contribution is -2.47. The summed E-state index contributed by atoms with van der Waals surface area (Å²) < 4.78 is 43.2. The van der Waals surface area contributed by atoms with Crippen molar-refractivity contribution in [2.45, 2.75) is 95.0 Å². The Labute approximate surface area is 349 Å². The second-order valence-electron chi connectivity index (χ2n) is 16.1. The Bertz CT molecular complexity index is 2220. The number of sulfonamides is 1. The molecule has 0 saturated carbocycles. The molecule has 310 valence electrons. The van der Waals surface area contributed by atoms with Crippen LogP contribution in [0.1, 0.15) is 84.8 Å². The van der Waals surface area contributed by atoms with Crippen molar-refractivity contribution < 1.29 is 27.8 Å². The molecule has 5 atom stereocenters. The summed E-state index contributed by atoms with van der Waals surface area (Å²) in [6.07, 6.45) is 5.65. The fraction of sp³-hybridized carbons (Fsp3) is 0.367. The van der Waals surface area contributed by atoms with E-state index in [0.29, 0.717) is 0 Å². The normalized spacial score (nSPS) is 20.9. The monoisotopic (exact) mass is 815 g/mol. The fourth-order valence-electron chi connectivity index (χ4n) is 8.13. The van der Waals surface area contributed by atoms with Gasteiger partial charge in [0.25, 0.3) is 0 Å². The van der Waals surface area contributed by atoms with E-state index in [2.05, 4.69) is 52.2 Å². The first kappa shape index (κ1) is 42.4. The molecule has 2 aliphatic heterocycles. The maximum Gasteiger partial charge on any atom is 0.241 e. The summed E-state index contributed by atoms with van der Waals surface area (Å²) in [7, 11) is -3.96. The number of nitrogens with one attached hydrogen (secondary N) is 2. The summed E-state index contributed by atoms with van der Waals surface area (Å²) in [4.78, 5) is 16.4. The molecule has 9 nitrogen and oxygen atoms in total. The minimum absolute atomic E-state index is 0.00408. The van der Waals surface area contributed by atoms with E-state index in [1.54, 1.807) is 24.3 Å². The molecule has 7 rings (SSSR count). The zero-order valence-corrected chi connectivity index (χ0v) is 34.9. The van der Waals surface area contributed by atoms with Gasteiger partial charge in [-0.3, -0.25) is 4.79 Å². The third kappa shape index (κ3) is 11.3. The van der Waals surface area contributed by atoms with Crippen molar-refractivity contribution in [1.82, 2.24) is 14.9 Å². The van der Waals surface area contributed by atoms with E-state index >= 15 is 0 Å². The van der Waals surface area contributed by atoms with Gasteiger partial charge in [0.15, 0.2) is 6.29 Å². The van der Waals surface area contributed by atoms with Crippen molar-refractivity contribution >= 4 is 15.9 Å². The van der Waals surface area contributed by atoms with Gasteiger partial charge in [0.2, 0.25) is 15.9 Å². The summed E-state index contributed by atoms with van der Waals surface area (Å²) >= 11 is 0. The molecule has 0 aromatic heterocycles. The predicted octanol–water partition coefficient (Wildman–Crippen LogP) is 8.42. The minimum atomic E-state index is -3.96. The average Bonchev–Trinajstić information content (AvgIpc) is 3.24. The molecule has 1 amide bonds. The summed E-state index contributed by atoms with van der Waals surface area (Å²) in [6, 6.07) is 39.3. The number of rotatable bonds is 14. The Morgan fingerprint density at radius 1 is 0.746 bits per heavy atom. The highest BCUT2D eigenvalue weighted by Gasteiger charge is 2.39. The number of aliphatic hydroxyl groups excluding tert-OH is 1. The van der Waals surface area contributed by atoms with Crippen LogP contribution in [0.15, 0.2) is 132 Å². The molecule has 10 heteroatoms. The summed E-state index contributed by atoms with van der Waals surface area (Å²) in [5.41, 5.74) is 7.48. The summed E-state index contributed by atoms with van der Waals surface area (Å²) in [6.45, 7) is 7.33. The molecule has 2 heterocycles. The Hall–Kier alpha value is -4.68. The van der Waals surface area contributed by atoms with E-state index in [-0.39, 0.29) is 42.6 Å². The predicted molar refractivity (Wildman–Crippen MR) is 232 cm³/mol. The van der Waals surface area contributed by atoms with Gasteiger partial charge in [0.1, 0.15) is 6.04 Å². The van der Waals surface area contributed by atoms with Crippen LogP contribution in [0.5, 0.6) is 0 Å². The lowest BCUT2D eigenvalue weighted by Gasteiger charge is -2.43. The summed E-state index contributed by atoms with van der Waals surface area (Å²) in [5.74, 6) is -0.305. The molecular weight excluding hydrogens is 759 g/mol. The standard InChI is InChI=1S/C49H57N3O6S/c1-35-19-25-44(26-20-35)59(55,56)51-45(30-37-13-7-6-8-14-37)48(54)50-32-39-15-11-16-41(29-39)42-17-12-18-43(31-42)49-57-46(33-52-27-9-4-3-5-10-28-52)36(2)47(58-49)40-23-21-38(34-53)22-24-40/h6-8,11-26,29,31,36,45-47,49,51,53H,3-5,9-10,27-28,30,32-34H2,1-2H3,(H,50,54). The van der Waals surface area contributed by atoms with Crippen LogP contribution < -0.4 is 10.0 Å². The number of aryl methyl sites for hydroxylation is 1. The van der Waals surface area contributed by atoms with Crippen molar-refractivity contribution in [3.05, 3.63) is 161 Å². The van der Waals surface area contributed by atoms with Crippen molar-refractivity contribution in [3.8, 4) is 11.1 Å². The molecule has 5 aromatic rings. The van der Waals surface area contributed by atoms with Crippen molar-refractivity contribution in [2.24, 2.45) is 5.92 Å². The molecule has 2 aliphatic rings. The smallest absolute Gasteiger partial charge is 0.241 e. The molecule has 0 radical (unpaired) electrons. The highest BCUT2D eigenvalue weighted by atomic mass is 32.2. The van der Waals surface area contributed by atoms with Crippen LogP contribution in [-0.2, 0) is 43.9 Å². The van der Waals surface area contributed by atoms with E-state index in [1.807, 2.05) is 79.7 Å². The van der Waals surface area contributed by atoms with Gasteiger partial charge in [-0.05, 0) is 96.9 Å². The third-order valence-corrected chi connectivity index (χ3v) is 13.1. The second-order valence-corrected chi connectivity index (χ2v) is 17.8. The number of carbonyl (C=O) groups is 1. The Kier molecular flexibility index (Phi) is 14.4. The van der Waals surface area contributed by atoms with Crippen molar-refractivity contribution in [2.75, 3.05) is 19.6 Å². The highest BCUT2D eigenvalue weighted by molar-refractivity contribution is 7.89. The fourth-order valence-corrected chi connectivity index (χ4v) is 9.32. The molecule has 5 aromatic carbocycles. The molecule has 2 saturated heterocycles. The van der Waals surface area contributed by atoms with Gasteiger partial charge >= 0.3 is 0 Å². The Morgan fingerprint density at radius 3 is 2.12 bits per heavy atom. The van der Waals surface area contributed by atoms with Crippen LogP contribution in [-0.4, -0.2) is 56.1 Å². The molecule has 2 fully saturated rings. The number of likely N-dealkylation sites (tertiary alicyclic amines) is 1. The maximum atomic E-state index is 13.7. The van der Waals surface area contributed by atoms with Gasteiger partial charge < -0.3 is 24.8 Å². The molecule has 5 unspecified atom stereocenters. The third-order valence-electron chi connectivity index (χ3n) is 11.6. The van der Waals surface area contributed by atoms with Gasteiger partial charge in [-0.15, -0.1) is 0 Å². The van der Waals surface area contributed by atoms with Crippen LogP contribution >= 0.6 is 0 Å². The first-order valence-corrected chi connectivity index (χ1v) is 22.5. The van der Waals surface area contributed by atoms with E-state index in [1.165, 1.54) is 32.1 Å². The Balaban J connectivity index is 1.08. The number of nitrogens with zero attached hydrogens (tertiary/aromatic N) is 1. The lowest BCUT2D eigenvalue weighted by molar-refractivity contribution is -0.276. The van der Waals surface area contributed by atoms with Gasteiger partial charge in [0.05, 0.1) is 23.7 Å². The zero-order valence-electron chi connectivity index (χ0n) is 34.1. The lowest BCUT2D eigenvalue weighted by atomic mass is 9.89. The number of hydrogen-bond acceptors (Lipinski definition) is 7. The maximum absolute atomic E-state index is 13.7. The zero-order chi connectivity index (χ0) is 41.2. The van der Waals surface area contributed by atoms with Crippen LogP contribution in [0.4, 0.5) is 0 Å². The van der Waals surface area contributed by atoms with E-state index in [0.717, 1.165) is 64.1 Å². The number of carbonyl (C=O) groups excluding carboxylic acids is 1. The molecule has 3 N–H and O–H groups in total. The number of ether oxygens (including phenoxy) is 2. The molecule has 0 spiro atoms. The van der Waals surface area contributed by atoms with Crippen molar-refractivity contribution in [3.63, 3.8) is 0 Å². The minimum Gasteiger partial charge on any atom is -0.392 e.